The lowest BCUT2D eigenvalue weighted by atomic mass is 10.3. The second-order valence-electron chi connectivity index (χ2n) is 3.83. The van der Waals surface area contributed by atoms with E-state index < -0.39 is 0 Å². The fraction of sp³-hybridized carbons (Fsp3) is 0.143. The SMILES string of the molecule is CCOc1cccc(Nc2ccc(N)c(C#N)n2)c1. The van der Waals surface area contributed by atoms with Gasteiger partial charge in [-0.1, -0.05) is 6.07 Å². The Morgan fingerprint density at radius 2 is 2.21 bits per heavy atom. The summed E-state index contributed by atoms with van der Waals surface area (Å²) in [6.45, 7) is 2.54. The highest BCUT2D eigenvalue weighted by molar-refractivity contribution is 5.62. The Hall–Kier alpha value is -2.74. The summed E-state index contributed by atoms with van der Waals surface area (Å²) in [6.07, 6.45) is 0. The Kier molecular flexibility index (Phi) is 3.84. The first kappa shape index (κ1) is 12.7. The number of nitrogen functional groups attached to an aromatic ring is 1. The normalized spacial score (nSPS) is 9.68. The first-order valence-electron chi connectivity index (χ1n) is 5.89. The van der Waals surface area contributed by atoms with E-state index in [1.54, 1.807) is 12.1 Å². The predicted molar refractivity (Wildman–Crippen MR) is 74.3 cm³/mol. The molecule has 5 heteroatoms. The summed E-state index contributed by atoms with van der Waals surface area (Å²) >= 11 is 0. The number of pyridine rings is 1. The maximum Gasteiger partial charge on any atom is 0.165 e. The zero-order valence-corrected chi connectivity index (χ0v) is 10.6. The van der Waals surface area contributed by atoms with Crippen molar-refractivity contribution in [1.82, 2.24) is 4.98 Å². The molecule has 0 saturated carbocycles. The quantitative estimate of drug-likeness (QED) is 0.876. The molecule has 0 amide bonds. The molecule has 96 valence electrons. The number of hydrogen-bond acceptors (Lipinski definition) is 5. The topological polar surface area (TPSA) is 84.0 Å². The first-order chi connectivity index (χ1) is 9.22. The second-order valence-corrected chi connectivity index (χ2v) is 3.83. The molecule has 0 unspecified atom stereocenters. The minimum absolute atomic E-state index is 0.214. The summed E-state index contributed by atoms with van der Waals surface area (Å²) in [5.74, 6) is 1.35. The van der Waals surface area contributed by atoms with Crippen LogP contribution >= 0.6 is 0 Å². The monoisotopic (exact) mass is 254 g/mol. The van der Waals surface area contributed by atoms with Crippen LogP contribution < -0.4 is 15.8 Å². The molecule has 0 aliphatic rings. The maximum absolute atomic E-state index is 8.88. The van der Waals surface area contributed by atoms with Gasteiger partial charge in [0.2, 0.25) is 0 Å². The number of ether oxygens (including phenoxy) is 1. The van der Waals surface area contributed by atoms with E-state index in [4.69, 9.17) is 15.7 Å². The molecule has 0 saturated heterocycles. The largest absolute Gasteiger partial charge is 0.494 e. The van der Waals surface area contributed by atoms with Crippen LogP contribution in [0, 0.1) is 11.3 Å². The molecular weight excluding hydrogens is 240 g/mol. The fourth-order valence-electron chi connectivity index (χ4n) is 1.61. The van der Waals surface area contributed by atoms with E-state index in [9.17, 15) is 0 Å². The molecule has 5 nitrogen and oxygen atoms in total. The molecule has 1 aromatic heterocycles. The van der Waals surface area contributed by atoms with Crippen molar-refractivity contribution in [2.75, 3.05) is 17.7 Å². The van der Waals surface area contributed by atoms with Crippen molar-refractivity contribution in [3.8, 4) is 11.8 Å². The number of nitrogens with two attached hydrogens (primary N) is 1. The highest BCUT2D eigenvalue weighted by atomic mass is 16.5. The van der Waals surface area contributed by atoms with Gasteiger partial charge in [0.15, 0.2) is 5.69 Å². The fourth-order valence-corrected chi connectivity index (χ4v) is 1.61. The molecular formula is C14H14N4O. The number of nitrogens with zero attached hydrogens (tertiary/aromatic N) is 2. The van der Waals surface area contributed by atoms with Crippen LogP contribution in [0.4, 0.5) is 17.2 Å². The zero-order chi connectivity index (χ0) is 13.7. The van der Waals surface area contributed by atoms with E-state index in [0.29, 0.717) is 18.1 Å². The number of nitriles is 1. The summed E-state index contributed by atoms with van der Waals surface area (Å²) in [6, 6.07) is 12.9. The van der Waals surface area contributed by atoms with Crippen molar-refractivity contribution in [3.63, 3.8) is 0 Å². The van der Waals surface area contributed by atoms with Gasteiger partial charge in [-0.2, -0.15) is 5.26 Å². The van der Waals surface area contributed by atoms with E-state index in [1.165, 1.54) is 0 Å². The van der Waals surface area contributed by atoms with Crippen LogP contribution in [0.1, 0.15) is 12.6 Å². The van der Waals surface area contributed by atoms with Gasteiger partial charge < -0.3 is 15.8 Å². The summed E-state index contributed by atoms with van der Waals surface area (Å²) in [7, 11) is 0. The molecule has 0 fully saturated rings. The third-order valence-corrected chi connectivity index (χ3v) is 2.45. The van der Waals surface area contributed by atoms with Crippen LogP contribution in [0.15, 0.2) is 36.4 Å². The number of benzene rings is 1. The van der Waals surface area contributed by atoms with Crippen molar-refractivity contribution in [2.24, 2.45) is 0 Å². The lowest BCUT2D eigenvalue weighted by molar-refractivity contribution is 0.340. The van der Waals surface area contributed by atoms with Gasteiger partial charge in [-0.05, 0) is 31.2 Å². The Morgan fingerprint density at radius 3 is 2.95 bits per heavy atom. The van der Waals surface area contributed by atoms with E-state index in [2.05, 4.69) is 10.3 Å². The molecule has 0 spiro atoms. The molecule has 0 aliphatic heterocycles. The third kappa shape index (κ3) is 3.13. The predicted octanol–water partition coefficient (Wildman–Crippen LogP) is 2.68. The van der Waals surface area contributed by atoms with Crippen LogP contribution in [0.2, 0.25) is 0 Å². The zero-order valence-electron chi connectivity index (χ0n) is 10.6. The van der Waals surface area contributed by atoms with Crippen molar-refractivity contribution >= 4 is 17.2 Å². The van der Waals surface area contributed by atoms with E-state index in [1.807, 2.05) is 37.3 Å². The summed E-state index contributed by atoms with van der Waals surface area (Å²) < 4.78 is 5.42. The Bertz CT molecular complexity index is 619. The number of rotatable bonds is 4. The summed E-state index contributed by atoms with van der Waals surface area (Å²) in [5, 5.41) is 12.0. The number of nitrogens with one attached hydrogen (secondary N) is 1. The third-order valence-electron chi connectivity index (χ3n) is 2.45. The molecule has 3 N–H and O–H groups in total. The van der Waals surface area contributed by atoms with Crippen molar-refractivity contribution in [3.05, 3.63) is 42.1 Å². The van der Waals surface area contributed by atoms with Gasteiger partial charge in [0.25, 0.3) is 0 Å². The van der Waals surface area contributed by atoms with E-state index >= 15 is 0 Å². The number of hydrogen-bond donors (Lipinski definition) is 2. The van der Waals surface area contributed by atoms with Gasteiger partial charge in [-0.25, -0.2) is 4.98 Å². The van der Waals surface area contributed by atoms with Gasteiger partial charge in [0.05, 0.1) is 12.3 Å². The smallest absolute Gasteiger partial charge is 0.165 e. The van der Waals surface area contributed by atoms with Gasteiger partial charge in [-0.3, -0.25) is 0 Å². The van der Waals surface area contributed by atoms with Crippen LogP contribution in [0.3, 0.4) is 0 Å². The average Bonchev–Trinajstić information content (AvgIpc) is 2.42. The van der Waals surface area contributed by atoms with Gasteiger partial charge in [-0.15, -0.1) is 0 Å². The van der Waals surface area contributed by atoms with Crippen LogP contribution in [-0.2, 0) is 0 Å². The minimum Gasteiger partial charge on any atom is -0.494 e. The maximum atomic E-state index is 8.88. The molecule has 2 rings (SSSR count). The molecule has 2 aromatic rings. The molecule has 0 bridgehead atoms. The average molecular weight is 254 g/mol. The first-order valence-corrected chi connectivity index (χ1v) is 5.89. The van der Waals surface area contributed by atoms with Crippen LogP contribution in [0.5, 0.6) is 5.75 Å². The molecule has 0 aliphatic carbocycles. The van der Waals surface area contributed by atoms with Crippen LogP contribution in [-0.4, -0.2) is 11.6 Å². The van der Waals surface area contributed by atoms with Crippen molar-refractivity contribution in [1.29, 1.82) is 5.26 Å². The lowest BCUT2D eigenvalue weighted by Crippen LogP contribution is -1.99. The number of aromatic nitrogens is 1. The van der Waals surface area contributed by atoms with Crippen molar-refractivity contribution in [2.45, 2.75) is 6.92 Å². The molecule has 1 heterocycles. The molecule has 1 aromatic carbocycles. The molecule has 0 atom stereocenters. The second kappa shape index (κ2) is 5.74. The summed E-state index contributed by atoms with van der Waals surface area (Å²) in [5.41, 5.74) is 7.05. The number of anilines is 3. The van der Waals surface area contributed by atoms with Gasteiger partial charge in [0, 0.05) is 11.8 Å². The van der Waals surface area contributed by atoms with E-state index in [0.717, 1.165) is 11.4 Å². The summed E-state index contributed by atoms with van der Waals surface area (Å²) in [4.78, 5) is 4.12. The Balaban J connectivity index is 2.21. The Morgan fingerprint density at radius 1 is 1.37 bits per heavy atom. The highest BCUT2D eigenvalue weighted by Gasteiger charge is 2.03. The lowest BCUT2D eigenvalue weighted by Gasteiger charge is -2.09. The van der Waals surface area contributed by atoms with Crippen LogP contribution in [0.25, 0.3) is 0 Å². The minimum atomic E-state index is 0.214. The van der Waals surface area contributed by atoms with Crippen molar-refractivity contribution < 1.29 is 4.74 Å². The van der Waals surface area contributed by atoms with Gasteiger partial charge in [0.1, 0.15) is 17.6 Å². The standard InChI is InChI=1S/C14H14N4O/c1-2-19-11-5-3-4-10(8-11)17-14-7-6-12(16)13(9-15)18-14/h3-8H,2,16H2,1H3,(H,17,18). The molecule has 19 heavy (non-hydrogen) atoms. The Labute approximate surface area is 111 Å². The molecule has 0 radical (unpaired) electrons. The van der Waals surface area contributed by atoms with Gasteiger partial charge >= 0.3 is 0 Å². The van der Waals surface area contributed by atoms with E-state index in [-0.39, 0.29) is 5.69 Å². The highest BCUT2D eigenvalue weighted by Crippen LogP contribution is 2.21.